The minimum Gasteiger partial charge on any atom is -0.317 e. The van der Waals surface area contributed by atoms with Gasteiger partial charge in [-0.25, -0.2) is 0 Å². The molecule has 2 rings (SSSR count). The van der Waals surface area contributed by atoms with E-state index in [4.69, 9.17) is 11.6 Å². The largest absolute Gasteiger partial charge is 0.317 e. The molecule has 0 unspecified atom stereocenters. The topological polar surface area (TPSA) is 15.3 Å². The molecule has 0 radical (unpaired) electrons. The van der Waals surface area contributed by atoms with E-state index in [2.05, 4.69) is 42.3 Å². The number of rotatable bonds is 5. The maximum absolute atomic E-state index is 6.19. The van der Waals surface area contributed by atoms with E-state index in [0.29, 0.717) is 0 Å². The average molecular weight is 317 g/mol. The Hall–Kier alpha value is -0.280. The van der Waals surface area contributed by atoms with Crippen molar-refractivity contribution in [1.82, 2.24) is 10.2 Å². The first kappa shape index (κ1) is 17.8. The molecule has 0 bridgehead atoms. The molecule has 0 amide bonds. The fourth-order valence-corrected chi connectivity index (χ4v) is 2.89. The van der Waals surface area contributed by atoms with E-state index in [9.17, 15) is 0 Å². The zero-order valence-electron chi connectivity index (χ0n) is 12.5. The van der Waals surface area contributed by atoms with E-state index in [1.165, 1.54) is 38.0 Å². The molecule has 1 heterocycles. The Morgan fingerprint density at radius 1 is 1.30 bits per heavy atom. The molecule has 1 aliphatic heterocycles. The van der Waals surface area contributed by atoms with Gasteiger partial charge in [-0.1, -0.05) is 30.7 Å². The lowest BCUT2D eigenvalue weighted by atomic mass is 9.96. The third kappa shape index (κ3) is 5.25. The van der Waals surface area contributed by atoms with Crippen LogP contribution in [0, 0.1) is 12.8 Å². The van der Waals surface area contributed by atoms with E-state index in [1.54, 1.807) is 0 Å². The van der Waals surface area contributed by atoms with Gasteiger partial charge < -0.3 is 5.32 Å². The van der Waals surface area contributed by atoms with Crippen molar-refractivity contribution in [1.29, 1.82) is 0 Å². The third-order valence-electron chi connectivity index (χ3n) is 4.03. The van der Waals surface area contributed by atoms with Gasteiger partial charge in [-0.3, -0.25) is 4.90 Å². The number of nitrogens with one attached hydrogen (secondary N) is 1. The number of nitrogens with zero attached hydrogens (tertiary/aromatic N) is 1. The number of hydrogen-bond acceptors (Lipinski definition) is 2. The Bertz CT molecular complexity index is 401. The summed E-state index contributed by atoms with van der Waals surface area (Å²) in [7, 11) is 0. The predicted octanol–water partition coefficient (Wildman–Crippen LogP) is 3.89. The monoisotopic (exact) mass is 316 g/mol. The van der Waals surface area contributed by atoms with Crippen molar-refractivity contribution in [3.05, 3.63) is 34.3 Å². The predicted molar refractivity (Wildman–Crippen MR) is 90.0 cm³/mol. The standard InChI is InChI=1S/C16H25ClN2.ClH/c1-3-18-11-14-6-8-19(9-7-14)12-15-5-4-13(2)16(17)10-15;/h4-5,10,14,18H,3,6-9,11-12H2,1-2H3;1H. The average Bonchev–Trinajstić information content (AvgIpc) is 2.42. The fraction of sp³-hybridized carbons (Fsp3) is 0.625. The molecule has 20 heavy (non-hydrogen) atoms. The van der Waals surface area contributed by atoms with Gasteiger partial charge in [-0.05, 0) is 69.1 Å². The van der Waals surface area contributed by atoms with E-state index >= 15 is 0 Å². The molecule has 0 aromatic heterocycles. The molecule has 0 aliphatic carbocycles. The summed E-state index contributed by atoms with van der Waals surface area (Å²) in [4.78, 5) is 2.55. The highest BCUT2D eigenvalue weighted by Gasteiger charge is 2.18. The molecule has 1 N–H and O–H groups in total. The van der Waals surface area contributed by atoms with Gasteiger partial charge in [0.25, 0.3) is 0 Å². The lowest BCUT2D eigenvalue weighted by Gasteiger charge is -2.32. The Kier molecular flexibility index (Phi) is 7.90. The van der Waals surface area contributed by atoms with E-state index in [1.807, 2.05) is 0 Å². The van der Waals surface area contributed by atoms with Crippen molar-refractivity contribution in [3.8, 4) is 0 Å². The molecule has 1 aromatic carbocycles. The van der Waals surface area contributed by atoms with Crippen LogP contribution < -0.4 is 5.32 Å². The molecule has 2 nitrogen and oxygen atoms in total. The number of aryl methyl sites for hydroxylation is 1. The van der Waals surface area contributed by atoms with Crippen LogP contribution in [0.5, 0.6) is 0 Å². The zero-order chi connectivity index (χ0) is 13.7. The molecular formula is C16H26Cl2N2. The van der Waals surface area contributed by atoms with Crippen molar-refractivity contribution in [2.45, 2.75) is 33.2 Å². The van der Waals surface area contributed by atoms with Crippen LogP contribution in [0.1, 0.15) is 30.9 Å². The summed E-state index contributed by atoms with van der Waals surface area (Å²) in [5.41, 5.74) is 2.50. The first-order valence-electron chi connectivity index (χ1n) is 7.37. The Morgan fingerprint density at radius 2 is 2.00 bits per heavy atom. The minimum absolute atomic E-state index is 0. The van der Waals surface area contributed by atoms with Crippen LogP contribution in [-0.4, -0.2) is 31.1 Å². The molecule has 0 atom stereocenters. The second kappa shape index (κ2) is 8.89. The SMILES string of the molecule is CCNCC1CCN(Cc2ccc(C)c(Cl)c2)CC1.Cl. The van der Waals surface area contributed by atoms with Crippen LogP contribution in [0.3, 0.4) is 0 Å². The van der Waals surface area contributed by atoms with E-state index in [-0.39, 0.29) is 12.4 Å². The molecule has 1 aliphatic rings. The smallest absolute Gasteiger partial charge is 0.0438 e. The highest BCUT2D eigenvalue weighted by atomic mass is 35.5. The molecule has 1 saturated heterocycles. The highest BCUT2D eigenvalue weighted by Crippen LogP contribution is 2.21. The molecule has 1 fully saturated rings. The van der Waals surface area contributed by atoms with Gasteiger partial charge in [0.1, 0.15) is 0 Å². The van der Waals surface area contributed by atoms with Crippen LogP contribution >= 0.6 is 24.0 Å². The lowest BCUT2D eigenvalue weighted by Crippen LogP contribution is -2.36. The minimum atomic E-state index is 0. The second-order valence-corrected chi connectivity index (χ2v) is 6.02. The Labute approximate surface area is 134 Å². The van der Waals surface area contributed by atoms with Gasteiger partial charge in [-0.15, -0.1) is 12.4 Å². The summed E-state index contributed by atoms with van der Waals surface area (Å²) >= 11 is 6.19. The van der Waals surface area contributed by atoms with Crippen LogP contribution in [0.2, 0.25) is 5.02 Å². The van der Waals surface area contributed by atoms with E-state index in [0.717, 1.165) is 29.6 Å². The number of halogens is 2. The normalized spacial score (nSPS) is 16.9. The van der Waals surface area contributed by atoms with Gasteiger partial charge >= 0.3 is 0 Å². The Balaban J connectivity index is 0.00000200. The number of hydrogen-bond donors (Lipinski definition) is 1. The van der Waals surface area contributed by atoms with Crippen molar-refractivity contribution in [2.24, 2.45) is 5.92 Å². The summed E-state index contributed by atoms with van der Waals surface area (Å²) < 4.78 is 0. The fourth-order valence-electron chi connectivity index (χ4n) is 2.69. The molecule has 0 saturated carbocycles. The molecule has 1 aromatic rings. The number of likely N-dealkylation sites (tertiary alicyclic amines) is 1. The zero-order valence-corrected chi connectivity index (χ0v) is 14.1. The van der Waals surface area contributed by atoms with Crippen LogP contribution in [0.25, 0.3) is 0 Å². The van der Waals surface area contributed by atoms with Crippen LogP contribution in [-0.2, 0) is 6.54 Å². The summed E-state index contributed by atoms with van der Waals surface area (Å²) in [5.74, 6) is 0.859. The molecule has 114 valence electrons. The van der Waals surface area contributed by atoms with Crippen LogP contribution in [0.4, 0.5) is 0 Å². The van der Waals surface area contributed by atoms with Crippen molar-refractivity contribution < 1.29 is 0 Å². The van der Waals surface area contributed by atoms with Gasteiger partial charge in [0.15, 0.2) is 0 Å². The number of piperidine rings is 1. The summed E-state index contributed by atoms with van der Waals surface area (Å²) in [6.45, 7) is 9.95. The van der Waals surface area contributed by atoms with Crippen LogP contribution in [0.15, 0.2) is 18.2 Å². The van der Waals surface area contributed by atoms with Crippen molar-refractivity contribution in [3.63, 3.8) is 0 Å². The quantitative estimate of drug-likeness (QED) is 0.886. The van der Waals surface area contributed by atoms with Gasteiger partial charge in [0.2, 0.25) is 0 Å². The van der Waals surface area contributed by atoms with E-state index < -0.39 is 0 Å². The van der Waals surface area contributed by atoms with Gasteiger partial charge in [-0.2, -0.15) is 0 Å². The lowest BCUT2D eigenvalue weighted by molar-refractivity contribution is 0.176. The first-order valence-corrected chi connectivity index (χ1v) is 7.75. The maximum atomic E-state index is 6.19. The Morgan fingerprint density at radius 3 is 2.60 bits per heavy atom. The van der Waals surface area contributed by atoms with Crippen molar-refractivity contribution >= 4 is 24.0 Å². The third-order valence-corrected chi connectivity index (χ3v) is 4.44. The van der Waals surface area contributed by atoms with Gasteiger partial charge in [0.05, 0.1) is 0 Å². The highest BCUT2D eigenvalue weighted by molar-refractivity contribution is 6.31. The molecule has 0 spiro atoms. The summed E-state index contributed by atoms with van der Waals surface area (Å²) in [6, 6.07) is 6.43. The number of benzene rings is 1. The van der Waals surface area contributed by atoms with Gasteiger partial charge in [0, 0.05) is 11.6 Å². The maximum Gasteiger partial charge on any atom is 0.0438 e. The summed E-state index contributed by atoms with van der Waals surface area (Å²) in [6.07, 6.45) is 2.62. The molecule has 4 heteroatoms. The first-order chi connectivity index (χ1) is 9.19. The van der Waals surface area contributed by atoms with Crippen molar-refractivity contribution in [2.75, 3.05) is 26.2 Å². The summed E-state index contributed by atoms with van der Waals surface area (Å²) in [5, 5.41) is 4.35. The second-order valence-electron chi connectivity index (χ2n) is 5.61. The molecular weight excluding hydrogens is 291 g/mol.